The molecule has 1 aromatic heterocycles. The van der Waals surface area contributed by atoms with E-state index in [2.05, 4.69) is 10.1 Å². The smallest absolute Gasteiger partial charge is 0.416 e. The van der Waals surface area contributed by atoms with E-state index in [0.717, 1.165) is 18.4 Å². The lowest BCUT2D eigenvalue weighted by Crippen LogP contribution is -2.20. The molecule has 0 spiro atoms. The van der Waals surface area contributed by atoms with Gasteiger partial charge in [0.1, 0.15) is 19.5 Å². The van der Waals surface area contributed by atoms with Gasteiger partial charge in [0.25, 0.3) is 0 Å². The summed E-state index contributed by atoms with van der Waals surface area (Å²) < 4.78 is 48.5. The molecule has 0 aliphatic heterocycles. The van der Waals surface area contributed by atoms with Crippen LogP contribution in [-0.2, 0) is 27.2 Å². The zero-order valence-electron chi connectivity index (χ0n) is 16.7. The summed E-state index contributed by atoms with van der Waals surface area (Å²) in [5.41, 5.74) is 1.13. The highest BCUT2D eigenvalue weighted by Crippen LogP contribution is 2.29. The van der Waals surface area contributed by atoms with E-state index in [1.165, 1.54) is 12.1 Å². The van der Waals surface area contributed by atoms with Crippen LogP contribution in [0.2, 0.25) is 0 Å². The maximum atomic E-state index is 12.6. The number of benzene rings is 1. The molecule has 9 heteroatoms. The van der Waals surface area contributed by atoms with Crippen molar-refractivity contribution < 1.29 is 32.3 Å². The molecule has 2 aromatic rings. The van der Waals surface area contributed by atoms with Gasteiger partial charge in [0.05, 0.1) is 17.4 Å². The summed E-state index contributed by atoms with van der Waals surface area (Å²) in [6.07, 6.45) is -1.18. The van der Waals surface area contributed by atoms with E-state index in [-0.39, 0.29) is 19.3 Å². The maximum absolute atomic E-state index is 12.6. The standard InChI is InChI=1S/C21H23F3N2O4/c1-15(26-30-13-16-5-8-18(9-6-16)21(22,23)24)17-7-10-20(25-12-17)29-14-19(28-2)4-3-11-27/h5-12,19H,3-4,13-14H2,1-2H3/b26-15+. The zero-order chi connectivity index (χ0) is 22.0. The third kappa shape index (κ3) is 7.47. The lowest BCUT2D eigenvalue weighted by molar-refractivity contribution is -0.137. The first-order chi connectivity index (χ1) is 14.3. The van der Waals surface area contributed by atoms with Gasteiger partial charge in [-0.2, -0.15) is 13.2 Å². The lowest BCUT2D eigenvalue weighted by atomic mass is 10.1. The molecule has 6 nitrogen and oxygen atoms in total. The minimum atomic E-state index is -4.36. The first-order valence-electron chi connectivity index (χ1n) is 9.22. The third-order valence-corrected chi connectivity index (χ3v) is 4.23. The quantitative estimate of drug-likeness (QED) is 0.304. The van der Waals surface area contributed by atoms with E-state index in [4.69, 9.17) is 14.3 Å². The van der Waals surface area contributed by atoms with E-state index >= 15 is 0 Å². The molecule has 0 fully saturated rings. The molecular weight excluding hydrogens is 401 g/mol. The van der Waals surface area contributed by atoms with Crippen LogP contribution in [0, 0.1) is 0 Å². The second-order valence-corrected chi connectivity index (χ2v) is 6.44. The Bertz CT molecular complexity index is 822. The fraction of sp³-hybridized carbons (Fsp3) is 0.381. The topological polar surface area (TPSA) is 70.0 Å². The molecule has 0 radical (unpaired) electrons. The number of ether oxygens (including phenoxy) is 2. The molecule has 0 N–H and O–H groups in total. The van der Waals surface area contributed by atoms with Gasteiger partial charge in [-0.1, -0.05) is 17.3 Å². The van der Waals surface area contributed by atoms with Gasteiger partial charge in [0, 0.05) is 31.4 Å². The number of aromatic nitrogens is 1. The van der Waals surface area contributed by atoms with Gasteiger partial charge in [-0.05, 0) is 37.1 Å². The number of alkyl halides is 3. The molecule has 0 aliphatic rings. The number of pyridine rings is 1. The van der Waals surface area contributed by atoms with E-state index < -0.39 is 11.7 Å². The second kappa shape index (κ2) is 11.3. The van der Waals surface area contributed by atoms with Crippen molar-refractivity contribution in [3.05, 3.63) is 59.3 Å². The summed E-state index contributed by atoms with van der Waals surface area (Å²) in [6, 6.07) is 8.15. The Balaban J connectivity index is 1.85. The van der Waals surface area contributed by atoms with Gasteiger partial charge < -0.3 is 19.1 Å². The molecular formula is C21H23F3N2O4. The second-order valence-electron chi connectivity index (χ2n) is 6.44. The summed E-state index contributed by atoms with van der Waals surface area (Å²) >= 11 is 0. The van der Waals surface area contributed by atoms with E-state index in [1.807, 2.05) is 0 Å². The van der Waals surface area contributed by atoms with Gasteiger partial charge in [0.2, 0.25) is 5.88 Å². The predicted octanol–water partition coefficient (Wildman–Crippen LogP) is 4.41. The Kier molecular flexibility index (Phi) is 8.79. The number of carbonyl (C=O) groups excluding carboxylic acids is 1. The average molecular weight is 424 g/mol. The highest BCUT2D eigenvalue weighted by molar-refractivity contribution is 5.98. The molecule has 162 valence electrons. The van der Waals surface area contributed by atoms with Gasteiger partial charge >= 0.3 is 6.18 Å². The Labute approximate surface area is 172 Å². The van der Waals surface area contributed by atoms with Crippen LogP contribution < -0.4 is 4.74 Å². The van der Waals surface area contributed by atoms with Crippen LogP contribution in [0.5, 0.6) is 5.88 Å². The number of nitrogens with zero attached hydrogens (tertiary/aromatic N) is 2. The van der Waals surface area contributed by atoms with Gasteiger partial charge in [-0.25, -0.2) is 4.98 Å². The highest BCUT2D eigenvalue weighted by atomic mass is 19.4. The summed E-state index contributed by atoms with van der Waals surface area (Å²) in [6.45, 7) is 2.05. The Morgan fingerprint density at radius 2 is 1.93 bits per heavy atom. The molecule has 1 atom stereocenters. The molecule has 0 aliphatic carbocycles. The number of aldehydes is 1. The number of halogens is 3. The average Bonchev–Trinajstić information content (AvgIpc) is 2.74. The number of hydrogen-bond donors (Lipinski definition) is 0. The highest BCUT2D eigenvalue weighted by Gasteiger charge is 2.29. The van der Waals surface area contributed by atoms with Crippen LogP contribution in [0.15, 0.2) is 47.8 Å². The minimum Gasteiger partial charge on any atom is -0.475 e. The van der Waals surface area contributed by atoms with Crippen LogP contribution in [0.4, 0.5) is 13.2 Å². The number of methoxy groups -OCH3 is 1. The normalized spacial score (nSPS) is 13.0. The number of rotatable bonds is 11. The van der Waals surface area contributed by atoms with Gasteiger partial charge in [-0.15, -0.1) is 0 Å². The van der Waals surface area contributed by atoms with Crippen molar-refractivity contribution in [1.29, 1.82) is 0 Å². The summed E-state index contributed by atoms with van der Waals surface area (Å²) in [5.74, 6) is 0.408. The van der Waals surface area contributed by atoms with E-state index in [1.54, 1.807) is 32.4 Å². The fourth-order valence-electron chi connectivity index (χ4n) is 2.43. The van der Waals surface area contributed by atoms with Crippen molar-refractivity contribution in [2.24, 2.45) is 5.16 Å². The van der Waals surface area contributed by atoms with Crippen molar-refractivity contribution in [2.45, 2.75) is 38.7 Å². The molecule has 0 saturated heterocycles. The monoisotopic (exact) mass is 424 g/mol. The summed E-state index contributed by atoms with van der Waals surface area (Å²) in [7, 11) is 1.56. The molecule has 1 unspecified atom stereocenters. The number of oxime groups is 1. The molecule has 2 rings (SSSR count). The SMILES string of the molecule is COC(CCC=O)COc1ccc(/C(C)=N/OCc2ccc(C(F)(F)F)cc2)cn1. The van der Waals surface area contributed by atoms with Crippen molar-refractivity contribution in [3.63, 3.8) is 0 Å². The van der Waals surface area contributed by atoms with Crippen LogP contribution in [0.3, 0.4) is 0 Å². The number of carbonyl (C=O) groups is 1. The van der Waals surface area contributed by atoms with Crippen molar-refractivity contribution >= 4 is 12.0 Å². The van der Waals surface area contributed by atoms with Crippen molar-refractivity contribution in [3.8, 4) is 5.88 Å². The largest absolute Gasteiger partial charge is 0.475 e. The Hall–Kier alpha value is -2.94. The van der Waals surface area contributed by atoms with Gasteiger partial charge in [-0.3, -0.25) is 0 Å². The molecule has 0 saturated carbocycles. The van der Waals surface area contributed by atoms with Crippen molar-refractivity contribution in [2.75, 3.05) is 13.7 Å². The first-order valence-corrected chi connectivity index (χ1v) is 9.22. The Morgan fingerprint density at radius 1 is 1.20 bits per heavy atom. The van der Waals surface area contributed by atoms with Gasteiger partial charge in [0.15, 0.2) is 0 Å². The molecule has 1 aromatic carbocycles. The molecule has 30 heavy (non-hydrogen) atoms. The summed E-state index contributed by atoms with van der Waals surface area (Å²) in [5, 5.41) is 3.97. The van der Waals surface area contributed by atoms with Crippen LogP contribution in [0.25, 0.3) is 0 Å². The maximum Gasteiger partial charge on any atom is 0.416 e. The van der Waals surface area contributed by atoms with Crippen molar-refractivity contribution in [1.82, 2.24) is 4.98 Å². The minimum absolute atomic E-state index is 0.0449. The lowest BCUT2D eigenvalue weighted by Gasteiger charge is -2.14. The number of hydrogen-bond acceptors (Lipinski definition) is 6. The van der Waals surface area contributed by atoms with E-state index in [0.29, 0.717) is 35.6 Å². The zero-order valence-corrected chi connectivity index (χ0v) is 16.7. The first kappa shape index (κ1) is 23.3. The van der Waals surface area contributed by atoms with Crippen LogP contribution >= 0.6 is 0 Å². The van der Waals surface area contributed by atoms with Crippen LogP contribution in [-0.4, -0.2) is 36.8 Å². The third-order valence-electron chi connectivity index (χ3n) is 4.23. The summed E-state index contributed by atoms with van der Waals surface area (Å²) in [4.78, 5) is 19.9. The fourth-order valence-corrected chi connectivity index (χ4v) is 2.43. The molecule has 0 amide bonds. The van der Waals surface area contributed by atoms with Crippen LogP contribution in [0.1, 0.15) is 36.5 Å². The van der Waals surface area contributed by atoms with E-state index in [9.17, 15) is 18.0 Å². The molecule has 0 bridgehead atoms. The Morgan fingerprint density at radius 3 is 2.50 bits per heavy atom. The predicted molar refractivity (Wildman–Crippen MR) is 104 cm³/mol. The molecule has 1 heterocycles.